The topological polar surface area (TPSA) is 29.1 Å². The fraction of sp³-hybridized carbons (Fsp3) is 0.500. The molecule has 0 radical (unpaired) electrons. The van der Waals surface area contributed by atoms with Crippen molar-refractivity contribution in [2.75, 3.05) is 0 Å². The highest BCUT2D eigenvalue weighted by Gasteiger charge is 1.86. The molecule has 0 aliphatic heterocycles. The van der Waals surface area contributed by atoms with Gasteiger partial charge in [-0.3, -0.25) is 4.79 Å². The Labute approximate surface area is 74.4 Å². The minimum absolute atomic E-state index is 0.0517. The zero-order chi connectivity index (χ0) is 9.23. The molecule has 0 aromatic carbocycles. The molecule has 0 saturated carbocycles. The fourth-order valence-corrected chi connectivity index (χ4v) is 0.664. The van der Waals surface area contributed by atoms with E-state index in [1.807, 2.05) is 19.1 Å². The van der Waals surface area contributed by atoms with Crippen molar-refractivity contribution in [1.82, 2.24) is 5.32 Å². The third-order valence-electron chi connectivity index (χ3n) is 1.30. The van der Waals surface area contributed by atoms with Crippen molar-refractivity contribution in [3.63, 3.8) is 0 Å². The highest BCUT2D eigenvalue weighted by molar-refractivity contribution is 5.88. The molecule has 0 aliphatic carbocycles. The molecule has 68 valence electrons. The molecular formula is C10H17NO. The summed E-state index contributed by atoms with van der Waals surface area (Å²) >= 11 is 0. The van der Waals surface area contributed by atoms with Gasteiger partial charge in [-0.1, -0.05) is 32.4 Å². The van der Waals surface area contributed by atoms with E-state index in [1.165, 1.54) is 0 Å². The summed E-state index contributed by atoms with van der Waals surface area (Å²) in [5.41, 5.74) is 0. The van der Waals surface area contributed by atoms with Crippen molar-refractivity contribution >= 4 is 5.91 Å². The predicted molar refractivity (Wildman–Crippen MR) is 51.6 cm³/mol. The van der Waals surface area contributed by atoms with Crippen molar-refractivity contribution in [3.05, 3.63) is 24.4 Å². The van der Waals surface area contributed by atoms with Gasteiger partial charge in [0.1, 0.15) is 0 Å². The van der Waals surface area contributed by atoms with Gasteiger partial charge >= 0.3 is 0 Å². The SMILES string of the molecule is CC/C=C\C(=O)N/C=C/CCC. The number of carbonyl (C=O) groups excluding carboxylic acids is 1. The lowest BCUT2D eigenvalue weighted by atomic mass is 10.3. The Kier molecular flexibility index (Phi) is 7.35. The lowest BCUT2D eigenvalue weighted by molar-refractivity contribution is -0.115. The minimum Gasteiger partial charge on any atom is -0.329 e. The van der Waals surface area contributed by atoms with Crippen molar-refractivity contribution in [3.8, 4) is 0 Å². The van der Waals surface area contributed by atoms with Crippen LogP contribution in [-0.2, 0) is 4.79 Å². The van der Waals surface area contributed by atoms with Crippen LogP contribution in [0.25, 0.3) is 0 Å². The highest BCUT2D eigenvalue weighted by Crippen LogP contribution is 1.86. The van der Waals surface area contributed by atoms with E-state index in [0.29, 0.717) is 0 Å². The number of allylic oxidation sites excluding steroid dienone is 2. The molecular weight excluding hydrogens is 150 g/mol. The number of nitrogens with one attached hydrogen (secondary N) is 1. The van der Waals surface area contributed by atoms with Crippen LogP contribution >= 0.6 is 0 Å². The number of amides is 1. The number of hydrogen-bond donors (Lipinski definition) is 1. The van der Waals surface area contributed by atoms with Gasteiger partial charge in [-0.05, 0) is 18.9 Å². The zero-order valence-corrected chi connectivity index (χ0v) is 7.84. The molecule has 0 saturated heterocycles. The van der Waals surface area contributed by atoms with E-state index in [2.05, 4.69) is 12.2 Å². The molecule has 0 spiro atoms. The highest BCUT2D eigenvalue weighted by atomic mass is 16.1. The summed E-state index contributed by atoms with van der Waals surface area (Å²) in [4.78, 5) is 10.9. The van der Waals surface area contributed by atoms with Crippen LogP contribution in [-0.4, -0.2) is 5.91 Å². The number of rotatable bonds is 5. The van der Waals surface area contributed by atoms with E-state index in [1.54, 1.807) is 12.3 Å². The van der Waals surface area contributed by atoms with Gasteiger partial charge in [-0.2, -0.15) is 0 Å². The summed E-state index contributed by atoms with van der Waals surface area (Å²) in [7, 11) is 0. The second-order valence-electron chi connectivity index (χ2n) is 2.51. The molecule has 0 unspecified atom stereocenters. The molecule has 0 rings (SSSR count). The quantitative estimate of drug-likeness (QED) is 0.626. The van der Waals surface area contributed by atoms with Crippen molar-refractivity contribution in [1.29, 1.82) is 0 Å². The lowest BCUT2D eigenvalue weighted by Crippen LogP contribution is -2.13. The second kappa shape index (κ2) is 8.05. The number of carbonyl (C=O) groups is 1. The maximum absolute atomic E-state index is 10.9. The molecule has 0 aromatic heterocycles. The van der Waals surface area contributed by atoms with Crippen LogP contribution in [0, 0.1) is 0 Å². The molecule has 2 heteroatoms. The van der Waals surface area contributed by atoms with E-state index in [0.717, 1.165) is 19.3 Å². The summed E-state index contributed by atoms with van der Waals surface area (Å²) in [6.07, 6.45) is 10.1. The Morgan fingerprint density at radius 3 is 2.67 bits per heavy atom. The lowest BCUT2D eigenvalue weighted by Gasteiger charge is -1.91. The van der Waals surface area contributed by atoms with Crippen molar-refractivity contribution in [2.45, 2.75) is 33.1 Å². The molecule has 0 fully saturated rings. The third kappa shape index (κ3) is 7.06. The van der Waals surface area contributed by atoms with Gasteiger partial charge in [0.15, 0.2) is 0 Å². The predicted octanol–water partition coefficient (Wildman–Crippen LogP) is 2.38. The van der Waals surface area contributed by atoms with Gasteiger partial charge in [0.05, 0.1) is 0 Å². The summed E-state index contributed by atoms with van der Waals surface area (Å²) in [6, 6.07) is 0. The van der Waals surface area contributed by atoms with Crippen molar-refractivity contribution < 1.29 is 4.79 Å². The van der Waals surface area contributed by atoms with Crippen LogP contribution in [0.4, 0.5) is 0 Å². The van der Waals surface area contributed by atoms with Crippen LogP contribution in [0.15, 0.2) is 24.4 Å². The summed E-state index contributed by atoms with van der Waals surface area (Å²) in [6.45, 7) is 4.10. The van der Waals surface area contributed by atoms with E-state index in [4.69, 9.17) is 0 Å². The van der Waals surface area contributed by atoms with Gasteiger partial charge in [0.2, 0.25) is 5.91 Å². The first-order valence-electron chi connectivity index (χ1n) is 4.43. The van der Waals surface area contributed by atoms with Crippen LogP contribution in [0.2, 0.25) is 0 Å². The molecule has 1 amide bonds. The smallest absolute Gasteiger partial charge is 0.247 e. The summed E-state index contributed by atoms with van der Waals surface area (Å²) < 4.78 is 0. The van der Waals surface area contributed by atoms with Gasteiger partial charge in [-0.25, -0.2) is 0 Å². The summed E-state index contributed by atoms with van der Waals surface area (Å²) in [5.74, 6) is -0.0517. The fourth-order valence-electron chi connectivity index (χ4n) is 0.664. The van der Waals surface area contributed by atoms with Crippen LogP contribution in [0.3, 0.4) is 0 Å². The van der Waals surface area contributed by atoms with Gasteiger partial charge in [-0.15, -0.1) is 0 Å². The maximum atomic E-state index is 10.9. The Bertz CT molecular complexity index is 171. The molecule has 2 nitrogen and oxygen atoms in total. The molecule has 0 heterocycles. The molecule has 0 aromatic rings. The van der Waals surface area contributed by atoms with Gasteiger partial charge in [0, 0.05) is 6.20 Å². The molecule has 0 aliphatic rings. The normalized spacial score (nSPS) is 11.2. The maximum Gasteiger partial charge on any atom is 0.247 e. The monoisotopic (exact) mass is 167 g/mol. The van der Waals surface area contributed by atoms with Gasteiger partial charge < -0.3 is 5.32 Å². The second-order valence-corrected chi connectivity index (χ2v) is 2.51. The first-order chi connectivity index (χ1) is 5.81. The van der Waals surface area contributed by atoms with Crippen LogP contribution < -0.4 is 5.32 Å². The third-order valence-corrected chi connectivity index (χ3v) is 1.30. The van der Waals surface area contributed by atoms with E-state index >= 15 is 0 Å². The van der Waals surface area contributed by atoms with Gasteiger partial charge in [0.25, 0.3) is 0 Å². The Balaban J connectivity index is 3.49. The molecule has 1 N–H and O–H groups in total. The average molecular weight is 167 g/mol. The first kappa shape index (κ1) is 11.0. The minimum atomic E-state index is -0.0517. The number of unbranched alkanes of at least 4 members (excludes halogenated alkanes) is 1. The van der Waals surface area contributed by atoms with E-state index in [9.17, 15) is 4.79 Å². The largest absolute Gasteiger partial charge is 0.329 e. The zero-order valence-electron chi connectivity index (χ0n) is 7.84. The summed E-state index contributed by atoms with van der Waals surface area (Å²) in [5, 5.41) is 2.65. The Morgan fingerprint density at radius 2 is 2.08 bits per heavy atom. The Hall–Kier alpha value is -1.05. The van der Waals surface area contributed by atoms with Crippen molar-refractivity contribution in [2.24, 2.45) is 0 Å². The number of hydrogen-bond acceptors (Lipinski definition) is 1. The standard InChI is InChI=1S/C10H17NO/c1-3-5-7-9-11-10(12)8-6-4-2/h6-9H,3-5H2,1-2H3,(H,11,12)/b8-6-,9-7+. The van der Waals surface area contributed by atoms with E-state index < -0.39 is 0 Å². The van der Waals surface area contributed by atoms with E-state index in [-0.39, 0.29) is 5.91 Å². The van der Waals surface area contributed by atoms with Crippen LogP contribution in [0.5, 0.6) is 0 Å². The molecule has 0 atom stereocenters. The van der Waals surface area contributed by atoms with Crippen LogP contribution in [0.1, 0.15) is 33.1 Å². The Morgan fingerprint density at radius 1 is 1.33 bits per heavy atom. The molecule has 12 heavy (non-hydrogen) atoms. The first-order valence-corrected chi connectivity index (χ1v) is 4.43. The average Bonchev–Trinajstić information content (AvgIpc) is 2.09. The molecule has 0 bridgehead atoms.